The van der Waals surface area contributed by atoms with Crippen molar-refractivity contribution in [1.82, 2.24) is 19.7 Å². The third-order valence-corrected chi connectivity index (χ3v) is 6.72. The lowest BCUT2D eigenvalue weighted by Gasteiger charge is -2.29. The predicted molar refractivity (Wildman–Crippen MR) is 124 cm³/mol. The molecule has 1 saturated heterocycles. The lowest BCUT2D eigenvalue weighted by atomic mass is 10.3. The lowest BCUT2D eigenvalue weighted by Crippen LogP contribution is -2.43. The highest BCUT2D eigenvalue weighted by molar-refractivity contribution is 9.10. The molecule has 30 heavy (non-hydrogen) atoms. The average Bonchev–Trinajstić information content (AvgIpc) is 3.32. The predicted octanol–water partition coefficient (Wildman–Crippen LogP) is 4.12. The maximum absolute atomic E-state index is 13.5. The first-order chi connectivity index (χ1) is 14.4. The Labute approximate surface area is 188 Å². The third-order valence-electron chi connectivity index (χ3n) is 5.19. The maximum Gasteiger partial charge on any atom is 0.280 e. The second kappa shape index (κ2) is 9.13. The summed E-state index contributed by atoms with van der Waals surface area (Å²) in [7, 11) is 0. The number of ether oxygens (including phenoxy) is 1. The van der Waals surface area contributed by atoms with Crippen LogP contribution in [0.15, 0.2) is 28.7 Å². The summed E-state index contributed by atoms with van der Waals surface area (Å²) in [4.78, 5) is 22.4. The van der Waals surface area contributed by atoms with Gasteiger partial charge in [-0.25, -0.2) is 4.98 Å². The van der Waals surface area contributed by atoms with Crippen molar-refractivity contribution in [3.8, 4) is 0 Å². The summed E-state index contributed by atoms with van der Waals surface area (Å²) in [6.07, 6.45) is 0. The molecule has 1 aromatic carbocycles. The van der Waals surface area contributed by atoms with Crippen LogP contribution in [0.25, 0.3) is 10.2 Å². The maximum atomic E-state index is 13.5. The van der Waals surface area contributed by atoms with Gasteiger partial charge in [-0.05, 0) is 45.0 Å². The third kappa shape index (κ3) is 4.59. The lowest BCUT2D eigenvalue weighted by molar-refractivity contribution is 0.0391. The minimum absolute atomic E-state index is 0.108. The highest BCUT2D eigenvalue weighted by Crippen LogP contribution is 2.31. The largest absolute Gasteiger partial charge is 0.379 e. The first-order valence-electron chi connectivity index (χ1n) is 10.2. The molecular formula is C21H26BrN5O2S. The molecule has 3 heterocycles. The zero-order valence-corrected chi connectivity index (χ0v) is 19.9. The number of fused-ring (bicyclic) bond motifs is 1. The summed E-state index contributed by atoms with van der Waals surface area (Å²) in [5.41, 5.74) is 2.34. The minimum atomic E-state index is -0.108. The van der Waals surface area contributed by atoms with Crippen LogP contribution in [0.3, 0.4) is 0 Å². The Kier molecular flexibility index (Phi) is 6.52. The van der Waals surface area contributed by atoms with Crippen molar-refractivity contribution in [3.63, 3.8) is 0 Å². The molecule has 0 saturated carbocycles. The van der Waals surface area contributed by atoms with Crippen LogP contribution in [0.2, 0.25) is 0 Å². The van der Waals surface area contributed by atoms with Crippen molar-refractivity contribution in [2.24, 2.45) is 0 Å². The van der Waals surface area contributed by atoms with Crippen molar-refractivity contribution < 1.29 is 9.53 Å². The average molecular weight is 492 g/mol. The molecule has 0 unspecified atom stereocenters. The van der Waals surface area contributed by atoms with Gasteiger partial charge < -0.3 is 4.74 Å². The number of aromatic nitrogens is 3. The number of morpholine rings is 1. The SMILES string of the molecule is Cc1cc(C(=O)N(CCN2CCOCC2)c2nc3ccc(Br)cc3s2)nn1C(C)C. The molecule has 3 aromatic rings. The Morgan fingerprint density at radius 2 is 2.07 bits per heavy atom. The molecule has 1 aliphatic heterocycles. The van der Waals surface area contributed by atoms with E-state index in [-0.39, 0.29) is 11.9 Å². The Hall–Kier alpha value is -1.81. The van der Waals surface area contributed by atoms with Gasteiger partial charge in [0.2, 0.25) is 0 Å². The van der Waals surface area contributed by atoms with Gasteiger partial charge in [0.05, 0.1) is 23.4 Å². The molecule has 0 atom stereocenters. The second-order valence-electron chi connectivity index (χ2n) is 7.73. The van der Waals surface area contributed by atoms with E-state index in [1.807, 2.05) is 35.9 Å². The summed E-state index contributed by atoms with van der Waals surface area (Å²) < 4.78 is 9.39. The van der Waals surface area contributed by atoms with E-state index < -0.39 is 0 Å². The molecule has 1 amide bonds. The van der Waals surface area contributed by atoms with Gasteiger partial charge in [0.15, 0.2) is 10.8 Å². The molecule has 1 fully saturated rings. The first-order valence-corrected chi connectivity index (χ1v) is 11.8. The standard InChI is InChI=1S/C21H26BrN5O2S/c1-14(2)27-15(3)12-18(24-27)20(28)26(7-6-25-8-10-29-11-9-25)21-23-17-5-4-16(22)13-19(17)30-21/h4-5,12-14H,6-11H2,1-3H3. The molecule has 7 nitrogen and oxygen atoms in total. The monoisotopic (exact) mass is 491 g/mol. The van der Waals surface area contributed by atoms with Crippen molar-refractivity contribution in [1.29, 1.82) is 0 Å². The van der Waals surface area contributed by atoms with Gasteiger partial charge in [0.25, 0.3) is 5.91 Å². The molecular weight excluding hydrogens is 466 g/mol. The van der Waals surface area contributed by atoms with Crippen LogP contribution in [0.5, 0.6) is 0 Å². The number of anilines is 1. The Bertz CT molecular complexity index is 1040. The van der Waals surface area contributed by atoms with Gasteiger partial charge in [0.1, 0.15) is 0 Å². The fourth-order valence-corrected chi connectivity index (χ4v) is 5.15. The van der Waals surface area contributed by atoms with Crippen LogP contribution in [0.4, 0.5) is 5.13 Å². The number of carbonyl (C=O) groups excluding carboxylic acids is 1. The summed E-state index contributed by atoms with van der Waals surface area (Å²) >= 11 is 5.05. The van der Waals surface area contributed by atoms with Crippen LogP contribution in [-0.2, 0) is 4.74 Å². The molecule has 0 aliphatic carbocycles. The zero-order chi connectivity index (χ0) is 21.3. The highest BCUT2D eigenvalue weighted by atomic mass is 79.9. The van der Waals surface area contributed by atoms with E-state index in [9.17, 15) is 4.79 Å². The van der Waals surface area contributed by atoms with E-state index in [0.717, 1.165) is 53.2 Å². The van der Waals surface area contributed by atoms with E-state index in [4.69, 9.17) is 9.72 Å². The number of aryl methyl sites for hydroxylation is 1. The first kappa shape index (κ1) is 21.4. The quantitative estimate of drug-likeness (QED) is 0.518. The fourth-order valence-electron chi connectivity index (χ4n) is 3.61. The van der Waals surface area contributed by atoms with Crippen molar-refractivity contribution >= 4 is 48.5 Å². The fraction of sp³-hybridized carbons (Fsp3) is 0.476. The number of nitrogens with zero attached hydrogens (tertiary/aromatic N) is 5. The van der Waals surface area contributed by atoms with Gasteiger partial charge in [-0.1, -0.05) is 27.3 Å². The molecule has 0 N–H and O–H groups in total. The van der Waals surface area contributed by atoms with Crippen molar-refractivity contribution in [2.75, 3.05) is 44.3 Å². The van der Waals surface area contributed by atoms with E-state index in [2.05, 4.69) is 39.8 Å². The molecule has 4 rings (SSSR count). The van der Waals surface area contributed by atoms with Gasteiger partial charge in [-0.15, -0.1) is 0 Å². The van der Waals surface area contributed by atoms with Crippen molar-refractivity contribution in [3.05, 3.63) is 40.1 Å². The van der Waals surface area contributed by atoms with Gasteiger partial charge in [-0.3, -0.25) is 19.3 Å². The number of hydrogen-bond acceptors (Lipinski definition) is 6. The molecule has 0 spiro atoms. The van der Waals surface area contributed by atoms with Gasteiger partial charge >= 0.3 is 0 Å². The topological polar surface area (TPSA) is 63.5 Å². The van der Waals surface area contributed by atoms with E-state index >= 15 is 0 Å². The van der Waals surface area contributed by atoms with Crippen LogP contribution < -0.4 is 4.90 Å². The number of hydrogen-bond donors (Lipinski definition) is 0. The van der Waals surface area contributed by atoms with E-state index in [0.29, 0.717) is 17.4 Å². The second-order valence-corrected chi connectivity index (χ2v) is 9.65. The number of halogens is 1. The van der Waals surface area contributed by atoms with E-state index in [1.54, 1.807) is 4.90 Å². The number of carbonyl (C=O) groups is 1. The minimum Gasteiger partial charge on any atom is -0.379 e. The van der Waals surface area contributed by atoms with Crippen LogP contribution in [0, 0.1) is 6.92 Å². The smallest absolute Gasteiger partial charge is 0.280 e. The van der Waals surface area contributed by atoms with Crippen LogP contribution in [-0.4, -0.2) is 65.0 Å². The Morgan fingerprint density at radius 3 is 2.77 bits per heavy atom. The number of benzene rings is 1. The molecule has 1 aliphatic rings. The van der Waals surface area contributed by atoms with Crippen molar-refractivity contribution in [2.45, 2.75) is 26.8 Å². The molecule has 0 bridgehead atoms. The normalized spacial score (nSPS) is 15.2. The highest BCUT2D eigenvalue weighted by Gasteiger charge is 2.25. The van der Waals surface area contributed by atoms with Crippen LogP contribution in [0.1, 0.15) is 36.1 Å². The summed E-state index contributed by atoms with van der Waals surface area (Å²) in [6, 6.07) is 8.06. The molecule has 0 radical (unpaired) electrons. The van der Waals surface area contributed by atoms with Gasteiger partial charge in [-0.2, -0.15) is 5.10 Å². The Balaban J connectivity index is 1.64. The van der Waals surface area contributed by atoms with Gasteiger partial charge in [0, 0.05) is 42.4 Å². The van der Waals surface area contributed by atoms with E-state index in [1.165, 1.54) is 11.3 Å². The number of thiazole rings is 1. The summed E-state index contributed by atoms with van der Waals surface area (Å²) in [5.74, 6) is -0.108. The number of rotatable bonds is 6. The number of amides is 1. The molecule has 9 heteroatoms. The summed E-state index contributed by atoms with van der Waals surface area (Å²) in [5, 5.41) is 5.29. The summed E-state index contributed by atoms with van der Waals surface area (Å²) in [6.45, 7) is 10.7. The molecule has 2 aromatic heterocycles. The van der Waals surface area contributed by atoms with Crippen LogP contribution >= 0.6 is 27.3 Å². The molecule has 160 valence electrons. The Morgan fingerprint density at radius 1 is 1.30 bits per heavy atom. The zero-order valence-electron chi connectivity index (χ0n) is 17.5.